The maximum Gasteiger partial charge on any atom is 0.212 e. The third kappa shape index (κ3) is 1.97. The molecule has 4 nitrogen and oxygen atoms in total. The van der Waals surface area contributed by atoms with Crippen LogP contribution in [0, 0.1) is 0 Å². The van der Waals surface area contributed by atoms with Crippen molar-refractivity contribution in [2.24, 2.45) is 0 Å². The zero-order chi connectivity index (χ0) is 13.2. The minimum atomic E-state index is -0.0913. The molecule has 0 aliphatic heterocycles. The van der Waals surface area contributed by atoms with E-state index in [-0.39, 0.29) is 5.78 Å². The van der Waals surface area contributed by atoms with Crippen LogP contribution in [0.1, 0.15) is 16.1 Å². The number of ether oxygens (including phenoxy) is 1. The van der Waals surface area contributed by atoms with Crippen molar-refractivity contribution in [1.29, 1.82) is 0 Å². The average Bonchev–Trinajstić information content (AvgIpc) is 2.91. The molecule has 3 aromatic rings. The van der Waals surface area contributed by atoms with Gasteiger partial charge in [-0.1, -0.05) is 36.4 Å². The maximum atomic E-state index is 12.3. The fraction of sp³-hybridized carbons (Fsp3) is 0.0667. The Bertz CT molecular complexity index is 732. The van der Waals surface area contributed by atoms with Crippen LogP contribution in [0.5, 0.6) is 5.88 Å². The van der Waals surface area contributed by atoms with Gasteiger partial charge in [0.1, 0.15) is 11.3 Å². The first-order chi connectivity index (χ1) is 9.29. The molecule has 19 heavy (non-hydrogen) atoms. The first-order valence-corrected chi connectivity index (χ1v) is 5.91. The molecule has 3 rings (SSSR count). The van der Waals surface area contributed by atoms with Crippen LogP contribution < -0.4 is 4.74 Å². The molecule has 0 fully saturated rings. The smallest absolute Gasteiger partial charge is 0.212 e. The molecule has 0 amide bonds. The summed E-state index contributed by atoms with van der Waals surface area (Å²) in [5, 5.41) is 0. The van der Waals surface area contributed by atoms with Crippen molar-refractivity contribution in [3.05, 3.63) is 66.0 Å². The molecule has 2 aromatic heterocycles. The highest BCUT2D eigenvalue weighted by atomic mass is 16.5. The number of carbonyl (C=O) groups excluding carboxylic acids is 1. The Morgan fingerprint density at radius 1 is 1.11 bits per heavy atom. The first-order valence-electron chi connectivity index (χ1n) is 5.91. The second kappa shape index (κ2) is 4.57. The predicted octanol–water partition coefficient (Wildman–Crippen LogP) is 2.57. The fourth-order valence-electron chi connectivity index (χ4n) is 2.00. The van der Waals surface area contributed by atoms with Crippen LogP contribution in [0.25, 0.3) is 5.65 Å². The van der Waals surface area contributed by atoms with Crippen LogP contribution >= 0.6 is 0 Å². The number of nitrogens with zero attached hydrogens (tertiary/aromatic N) is 2. The monoisotopic (exact) mass is 252 g/mol. The first kappa shape index (κ1) is 11.5. The second-order valence-corrected chi connectivity index (χ2v) is 4.12. The summed E-state index contributed by atoms with van der Waals surface area (Å²) in [5.74, 6) is 0.559. The van der Waals surface area contributed by atoms with Gasteiger partial charge in [0, 0.05) is 11.8 Å². The molecule has 0 bridgehead atoms. The van der Waals surface area contributed by atoms with E-state index >= 15 is 0 Å². The van der Waals surface area contributed by atoms with E-state index in [0.717, 1.165) is 0 Å². The van der Waals surface area contributed by atoms with E-state index in [2.05, 4.69) is 4.98 Å². The molecule has 2 heterocycles. The predicted molar refractivity (Wildman–Crippen MR) is 71.6 cm³/mol. The summed E-state index contributed by atoms with van der Waals surface area (Å²) in [6.45, 7) is 0. The summed E-state index contributed by atoms with van der Waals surface area (Å²) in [6, 6.07) is 14.6. The molecule has 0 aliphatic rings. The van der Waals surface area contributed by atoms with Gasteiger partial charge < -0.3 is 4.74 Å². The molecule has 0 unspecified atom stereocenters. The molecular formula is C15H12N2O2. The number of hydrogen-bond donors (Lipinski definition) is 0. The van der Waals surface area contributed by atoms with Crippen molar-refractivity contribution in [2.45, 2.75) is 0 Å². The van der Waals surface area contributed by atoms with Gasteiger partial charge in [-0.15, -0.1) is 0 Å². The Balaban J connectivity index is 2.09. The lowest BCUT2D eigenvalue weighted by Crippen LogP contribution is -2.00. The summed E-state index contributed by atoms with van der Waals surface area (Å²) in [7, 11) is 1.59. The lowest BCUT2D eigenvalue weighted by Gasteiger charge is -2.01. The van der Waals surface area contributed by atoms with Crippen molar-refractivity contribution in [1.82, 2.24) is 9.38 Å². The fourth-order valence-corrected chi connectivity index (χ4v) is 2.00. The van der Waals surface area contributed by atoms with Gasteiger partial charge in [-0.05, 0) is 12.1 Å². The minimum absolute atomic E-state index is 0.0913. The van der Waals surface area contributed by atoms with Crippen molar-refractivity contribution in [2.75, 3.05) is 7.11 Å². The van der Waals surface area contributed by atoms with Crippen LogP contribution in [-0.2, 0) is 0 Å². The Hall–Kier alpha value is -2.62. The number of fused-ring (bicyclic) bond motifs is 1. The zero-order valence-corrected chi connectivity index (χ0v) is 10.4. The molecule has 1 aromatic carbocycles. The molecular weight excluding hydrogens is 240 g/mol. The molecule has 0 aliphatic carbocycles. The molecule has 94 valence electrons. The van der Waals surface area contributed by atoms with Gasteiger partial charge in [-0.3, -0.25) is 9.20 Å². The summed E-state index contributed by atoms with van der Waals surface area (Å²) < 4.78 is 7.00. The standard InChI is InChI=1S/C15H12N2O2/c1-19-14-9-5-8-13-16-12(10-17(13)14)15(18)11-6-3-2-4-7-11/h2-10H,1H3. The third-order valence-electron chi connectivity index (χ3n) is 2.93. The van der Waals surface area contributed by atoms with Crippen molar-refractivity contribution < 1.29 is 9.53 Å². The highest BCUT2D eigenvalue weighted by molar-refractivity contribution is 6.07. The number of rotatable bonds is 3. The van der Waals surface area contributed by atoms with Gasteiger partial charge in [0.15, 0.2) is 5.88 Å². The van der Waals surface area contributed by atoms with E-state index in [9.17, 15) is 4.79 Å². The van der Waals surface area contributed by atoms with Crippen LogP contribution in [0.4, 0.5) is 0 Å². The molecule has 4 heteroatoms. The summed E-state index contributed by atoms with van der Waals surface area (Å²) in [4.78, 5) is 16.6. The number of aromatic nitrogens is 2. The van der Waals surface area contributed by atoms with E-state index in [0.29, 0.717) is 22.8 Å². The Morgan fingerprint density at radius 3 is 2.63 bits per heavy atom. The van der Waals surface area contributed by atoms with Crippen LogP contribution in [0.3, 0.4) is 0 Å². The number of hydrogen-bond acceptors (Lipinski definition) is 3. The number of pyridine rings is 1. The normalized spacial score (nSPS) is 10.6. The Labute approximate surface area is 110 Å². The summed E-state index contributed by atoms with van der Waals surface area (Å²) >= 11 is 0. The van der Waals surface area contributed by atoms with E-state index in [1.807, 2.05) is 36.4 Å². The highest BCUT2D eigenvalue weighted by Crippen LogP contribution is 2.17. The average molecular weight is 252 g/mol. The highest BCUT2D eigenvalue weighted by Gasteiger charge is 2.14. The molecule has 0 saturated heterocycles. The summed E-state index contributed by atoms with van der Waals surface area (Å²) in [6.07, 6.45) is 1.70. The van der Waals surface area contributed by atoms with Crippen molar-refractivity contribution in [3.8, 4) is 5.88 Å². The third-order valence-corrected chi connectivity index (χ3v) is 2.93. The molecule has 0 spiro atoms. The quantitative estimate of drug-likeness (QED) is 0.673. The maximum absolute atomic E-state index is 12.3. The van der Waals surface area contributed by atoms with Gasteiger partial charge in [0.05, 0.1) is 7.11 Å². The number of benzene rings is 1. The molecule has 0 N–H and O–H groups in total. The van der Waals surface area contributed by atoms with Gasteiger partial charge in [0.25, 0.3) is 0 Å². The number of ketones is 1. The summed E-state index contributed by atoms with van der Waals surface area (Å²) in [5.41, 5.74) is 1.74. The SMILES string of the molecule is COc1cccc2nc(C(=O)c3ccccc3)cn12. The van der Waals surface area contributed by atoms with Gasteiger partial charge in [0.2, 0.25) is 5.78 Å². The Kier molecular flexibility index (Phi) is 2.76. The van der Waals surface area contributed by atoms with Gasteiger partial charge >= 0.3 is 0 Å². The van der Waals surface area contributed by atoms with E-state index in [4.69, 9.17) is 4.74 Å². The number of carbonyl (C=O) groups is 1. The van der Waals surface area contributed by atoms with Gasteiger partial charge in [-0.2, -0.15) is 0 Å². The largest absolute Gasteiger partial charge is 0.482 e. The van der Waals surface area contributed by atoms with Crippen LogP contribution in [0.15, 0.2) is 54.7 Å². The van der Waals surface area contributed by atoms with Crippen molar-refractivity contribution >= 4 is 11.4 Å². The van der Waals surface area contributed by atoms with E-state index in [1.54, 1.807) is 29.8 Å². The number of imidazole rings is 1. The number of methoxy groups -OCH3 is 1. The lowest BCUT2D eigenvalue weighted by atomic mass is 10.1. The molecule has 0 radical (unpaired) electrons. The lowest BCUT2D eigenvalue weighted by molar-refractivity contribution is 0.103. The molecule has 0 atom stereocenters. The van der Waals surface area contributed by atoms with E-state index in [1.165, 1.54) is 0 Å². The molecule has 0 saturated carbocycles. The second-order valence-electron chi connectivity index (χ2n) is 4.12. The Morgan fingerprint density at radius 2 is 1.89 bits per heavy atom. The minimum Gasteiger partial charge on any atom is -0.482 e. The van der Waals surface area contributed by atoms with E-state index < -0.39 is 0 Å². The topological polar surface area (TPSA) is 43.6 Å². The zero-order valence-electron chi connectivity index (χ0n) is 10.4. The van der Waals surface area contributed by atoms with Crippen LogP contribution in [0.2, 0.25) is 0 Å². The van der Waals surface area contributed by atoms with Gasteiger partial charge in [-0.25, -0.2) is 4.98 Å². The van der Waals surface area contributed by atoms with Crippen molar-refractivity contribution in [3.63, 3.8) is 0 Å². The van der Waals surface area contributed by atoms with Crippen LogP contribution in [-0.4, -0.2) is 22.3 Å².